The van der Waals surface area contributed by atoms with Crippen LogP contribution in [0.1, 0.15) is 19.8 Å². The molecule has 1 atom stereocenters. The standard InChI is InChI=1S/C15H15Br2NO2/c1-2-6-12(19)13-14(17)11(9-16)18(15(13)20)10-7-4-3-5-8-10/h3-5,7-9,12,19H,2,6H2,1H3/b11-9-. The molecule has 0 aliphatic carbocycles. The van der Waals surface area contributed by atoms with Gasteiger partial charge in [-0.25, -0.2) is 0 Å². The Morgan fingerprint density at radius 2 is 2.00 bits per heavy atom. The van der Waals surface area contributed by atoms with Crippen molar-refractivity contribution in [2.75, 3.05) is 4.90 Å². The average molecular weight is 401 g/mol. The van der Waals surface area contributed by atoms with Crippen LogP contribution in [0.4, 0.5) is 5.69 Å². The minimum Gasteiger partial charge on any atom is -0.388 e. The molecule has 20 heavy (non-hydrogen) atoms. The number of aliphatic hydroxyl groups excluding tert-OH is 1. The number of hydrogen-bond acceptors (Lipinski definition) is 2. The van der Waals surface area contributed by atoms with Crippen molar-refractivity contribution in [1.82, 2.24) is 0 Å². The molecular weight excluding hydrogens is 386 g/mol. The molecule has 1 unspecified atom stereocenters. The van der Waals surface area contributed by atoms with Crippen LogP contribution in [0.25, 0.3) is 0 Å². The number of allylic oxidation sites excluding steroid dienone is 1. The minimum atomic E-state index is -0.752. The van der Waals surface area contributed by atoms with E-state index in [1.165, 1.54) is 0 Å². The minimum absolute atomic E-state index is 0.185. The topological polar surface area (TPSA) is 40.5 Å². The van der Waals surface area contributed by atoms with Gasteiger partial charge in [-0.2, -0.15) is 0 Å². The summed E-state index contributed by atoms with van der Waals surface area (Å²) in [5.41, 5.74) is 1.90. The van der Waals surface area contributed by atoms with Crippen molar-refractivity contribution < 1.29 is 9.90 Å². The van der Waals surface area contributed by atoms with Gasteiger partial charge in [0.05, 0.1) is 21.9 Å². The van der Waals surface area contributed by atoms with Gasteiger partial charge in [0.1, 0.15) is 0 Å². The highest BCUT2D eigenvalue weighted by Gasteiger charge is 2.37. The molecule has 0 spiro atoms. The van der Waals surface area contributed by atoms with Crippen LogP contribution in [0.5, 0.6) is 0 Å². The molecule has 5 heteroatoms. The fourth-order valence-corrected chi connectivity index (χ4v) is 3.66. The summed E-state index contributed by atoms with van der Waals surface area (Å²) in [5, 5.41) is 10.2. The van der Waals surface area contributed by atoms with Crippen LogP contribution in [0.3, 0.4) is 0 Å². The fraction of sp³-hybridized carbons (Fsp3) is 0.267. The Morgan fingerprint density at radius 3 is 2.55 bits per heavy atom. The molecule has 1 aliphatic rings. The van der Waals surface area contributed by atoms with Crippen LogP contribution in [-0.2, 0) is 4.79 Å². The first kappa shape index (κ1) is 15.5. The zero-order valence-electron chi connectivity index (χ0n) is 11.0. The summed E-state index contributed by atoms with van der Waals surface area (Å²) in [6.45, 7) is 1.98. The van der Waals surface area contributed by atoms with Crippen LogP contribution in [0.15, 0.2) is 51.1 Å². The molecule has 0 saturated heterocycles. The van der Waals surface area contributed by atoms with Gasteiger partial charge in [0.2, 0.25) is 0 Å². The molecule has 0 saturated carbocycles. The highest BCUT2D eigenvalue weighted by Crippen LogP contribution is 2.39. The molecule has 1 amide bonds. The lowest BCUT2D eigenvalue weighted by molar-refractivity contribution is -0.115. The van der Waals surface area contributed by atoms with Gasteiger partial charge in [0.25, 0.3) is 5.91 Å². The second kappa shape index (κ2) is 6.70. The van der Waals surface area contributed by atoms with Crippen LogP contribution in [0, 0.1) is 0 Å². The fourth-order valence-electron chi connectivity index (χ4n) is 2.20. The van der Waals surface area contributed by atoms with Gasteiger partial charge in [0, 0.05) is 10.7 Å². The molecule has 0 radical (unpaired) electrons. The number of nitrogens with zero attached hydrogens (tertiary/aromatic N) is 1. The molecule has 1 aromatic rings. The van der Waals surface area contributed by atoms with Crippen molar-refractivity contribution in [1.29, 1.82) is 0 Å². The number of carbonyl (C=O) groups excluding carboxylic acids is 1. The van der Waals surface area contributed by atoms with Crippen molar-refractivity contribution in [2.45, 2.75) is 25.9 Å². The number of anilines is 1. The van der Waals surface area contributed by atoms with Gasteiger partial charge in [-0.1, -0.05) is 47.5 Å². The number of aliphatic hydroxyl groups is 1. The average Bonchev–Trinajstić information content (AvgIpc) is 2.70. The summed E-state index contributed by atoms with van der Waals surface area (Å²) in [4.78, 5) is 15.9. The van der Waals surface area contributed by atoms with Gasteiger partial charge < -0.3 is 5.11 Å². The quantitative estimate of drug-likeness (QED) is 0.827. The number of carbonyl (C=O) groups is 1. The van der Waals surface area contributed by atoms with E-state index in [0.717, 1.165) is 12.1 Å². The van der Waals surface area contributed by atoms with Gasteiger partial charge in [0.15, 0.2) is 0 Å². The van der Waals surface area contributed by atoms with E-state index in [-0.39, 0.29) is 5.91 Å². The number of hydrogen-bond donors (Lipinski definition) is 1. The Balaban J connectivity index is 2.43. The largest absolute Gasteiger partial charge is 0.388 e. The maximum absolute atomic E-state index is 12.6. The summed E-state index contributed by atoms with van der Waals surface area (Å²) in [7, 11) is 0. The van der Waals surface area contributed by atoms with Gasteiger partial charge in [-0.3, -0.25) is 9.69 Å². The zero-order valence-corrected chi connectivity index (χ0v) is 14.2. The lowest BCUT2D eigenvalue weighted by Gasteiger charge is -2.19. The number of amides is 1. The van der Waals surface area contributed by atoms with Crippen molar-refractivity contribution in [3.8, 4) is 0 Å². The second-order valence-electron chi connectivity index (χ2n) is 4.50. The summed E-state index contributed by atoms with van der Waals surface area (Å²) in [6, 6.07) is 9.39. The van der Waals surface area contributed by atoms with Gasteiger partial charge in [-0.15, -0.1) is 0 Å². The molecule has 0 fully saturated rings. The first-order chi connectivity index (χ1) is 9.61. The summed E-state index contributed by atoms with van der Waals surface area (Å²) in [5.74, 6) is -0.185. The molecule has 1 heterocycles. The maximum Gasteiger partial charge on any atom is 0.262 e. The molecule has 1 aromatic carbocycles. The maximum atomic E-state index is 12.6. The Labute approximate surface area is 135 Å². The van der Waals surface area contributed by atoms with E-state index in [4.69, 9.17) is 0 Å². The second-order valence-corrected chi connectivity index (χ2v) is 5.75. The van der Waals surface area contributed by atoms with E-state index >= 15 is 0 Å². The summed E-state index contributed by atoms with van der Waals surface area (Å²) >= 11 is 6.73. The number of benzene rings is 1. The molecule has 1 N–H and O–H groups in total. The molecule has 106 valence electrons. The van der Waals surface area contributed by atoms with Crippen LogP contribution < -0.4 is 4.90 Å². The monoisotopic (exact) mass is 399 g/mol. The van der Waals surface area contributed by atoms with Crippen LogP contribution >= 0.6 is 31.9 Å². The molecule has 3 nitrogen and oxygen atoms in total. The van der Waals surface area contributed by atoms with E-state index in [2.05, 4.69) is 31.9 Å². The Hall–Kier alpha value is -0.910. The van der Waals surface area contributed by atoms with Crippen LogP contribution in [-0.4, -0.2) is 17.1 Å². The molecule has 0 bridgehead atoms. The first-order valence-corrected chi connectivity index (χ1v) is 8.10. The zero-order chi connectivity index (χ0) is 14.7. The smallest absolute Gasteiger partial charge is 0.262 e. The molecule has 0 aromatic heterocycles. The normalized spacial score (nSPS) is 19.1. The number of halogens is 2. The Kier molecular flexibility index (Phi) is 5.18. The van der Waals surface area contributed by atoms with Gasteiger partial charge >= 0.3 is 0 Å². The summed E-state index contributed by atoms with van der Waals surface area (Å²) in [6.07, 6.45) is 0.628. The van der Waals surface area contributed by atoms with E-state index < -0.39 is 6.10 Å². The van der Waals surface area contributed by atoms with Crippen molar-refractivity contribution in [2.24, 2.45) is 0 Å². The van der Waals surface area contributed by atoms with E-state index in [9.17, 15) is 9.90 Å². The lowest BCUT2D eigenvalue weighted by Crippen LogP contribution is -2.28. The Bertz CT molecular complexity index is 566. The molecule has 1 aliphatic heterocycles. The number of para-hydroxylation sites is 1. The lowest BCUT2D eigenvalue weighted by atomic mass is 10.1. The van der Waals surface area contributed by atoms with Crippen molar-refractivity contribution in [3.63, 3.8) is 0 Å². The first-order valence-electron chi connectivity index (χ1n) is 6.39. The third-order valence-corrected chi connectivity index (χ3v) is 4.42. The molecule has 2 rings (SSSR count). The van der Waals surface area contributed by atoms with Crippen LogP contribution in [0.2, 0.25) is 0 Å². The van der Waals surface area contributed by atoms with E-state index in [1.54, 1.807) is 9.89 Å². The van der Waals surface area contributed by atoms with E-state index in [1.807, 2.05) is 37.3 Å². The number of rotatable bonds is 4. The highest BCUT2D eigenvalue weighted by atomic mass is 79.9. The Morgan fingerprint density at radius 1 is 1.35 bits per heavy atom. The highest BCUT2D eigenvalue weighted by molar-refractivity contribution is 9.12. The predicted molar refractivity (Wildman–Crippen MR) is 87.8 cm³/mol. The SMILES string of the molecule is CCCC(O)C1=C(Br)/C(=C/Br)N(c2ccccc2)C1=O. The predicted octanol–water partition coefficient (Wildman–Crippen LogP) is 4.08. The molecular formula is C15H15Br2NO2. The van der Waals surface area contributed by atoms with E-state index in [0.29, 0.717) is 22.2 Å². The van der Waals surface area contributed by atoms with Crippen molar-refractivity contribution >= 4 is 43.5 Å². The van der Waals surface area contributed by atoms with Gasteiger partial charge in [-0.05, 0) is 34.5 Å². The van der Waals surface area contributed by atoms with Crippen molar-refractivity contribution in [3.05, 3.63) is 51.1 Å². The summed E-state index contributed by atoms with van der Waals surface area (Å²) < 4.78 is 0.643. The third kappa shape index (κ3) is 2.75. The third-order valence-electron chi connectivity index (χ3n) is 3.15.